The standard InChI is InChI=1S/C22H20O9/c23-19(24)14-3-6-17(20(25)26)18(12-14)29-10-7-13-11-15-4-5-16(13)22(28)31-9-2-1-8-30-21(15)27/h3-6,11-12H,1-2,7-10H2,(H,23,24)(H,25,26). The molecule has 2 aromatic rings. The number of benzene rings is 2. The minimum absolute atomic E-state index is 0.0673. The lowest BCUT2D eigenvalue weighted by Crippen LogP contribution is -2.16. The van der Waals surface area contributed by atoms with Crippen molar-refractivity contribution in [3.8, 4) is 5.75 Å². The van der Waals surface area contributed by atoms with Crippen LogP contribution in [0.15, 0.2) is 36.4 Å². The molecule has 2 aromatic carbocycles. The minimum Gasteiger partial charge on any atom is -0.492 e. The zero-order valence-electron chi connectivity index (χ0n) is 16.5. The maximum absolute atomic E-state index is 12.4. The van der Waals surface area contributed by atoms with Crippen LogP contribution in [0.2, 0.25) is 0 Å². The van der Waals surface area contributed by atoms with Crippen molar-refractivity contribution < 1.29 is 43.6 Å². The summed E-state index contributed by atoms with van der Waals surface area (Å²) in [7, 11) is 0. The highest BCUT2D eigenvalue weighted by Crippen LogP contribution is 2.22. The van der Waals surface area contributed by atoms with E-state index in [4.69, 9.17) is 19.3 Å². The Morgan fingerprint density at radius 3 is 2.29 bits per heavy atom. The lowest BCUT2D eigenvalue weighted by Gasteiger charge is -2.15. The number of ether oxygens (including phenoxy) is 3. The number of carbonyl (C=O) groups excluding carboxylic acids is 2. The number of fused-ring (bicyclic) bond motifs is 9. The number of hydrogen-bond acceptors (Lipinski definition) is 7. The Balaban J connectivity index is 1.83. The Hall–Kier alpha value is -3.88. The van der Waals surface area contributed by atoms with Gasteiger partial charge in [0.15, 0.2) is 0 Å². The van der Waals surface area contributed by atoms with Gasteiger partial charge in [0.1, 0.15) is 11.3 Å². The van der Waals surface area contributed by atoms with Gasteiger partial charge in [0.05, 0.1) is 36.5 Å². The highest BCUT2D eigenvalue weighted by molar-refractivity contribution is 5.95. The van der Waals surface area contributed by atoms with Crippen LogP contribution in [0.3, 0.4) is 0 Å². The van der Waals surface area contributed by atoms with Crippen molar-refractivity contribution >= 4 is 23.9 Å². The summed E-state index contributed by atoms with van der Waals surface area (Å²) in [5.41, 5.74) is 0.684. The molecule has 0 atom stereocenters. The topological polar surface area (TPSA) is 136 Å². The maximum Gasteiger partial charge on any atom is 0.339 e. The molecule has 0 unspecified atom stereocenters. The summed E-state index contributed by atoms with van der Waals surface area (Å²) < 4.78 is 16.0. The van der Waals surface area contributed by atoms with Crippen molar-refractivity contribution in [1.29, 1.82) is 0 Å². The van der Waals surface area contributed by atoms with Crippen LogP contribution in [0, 0.1) is 0 Å². The second kappa shape index (κ2) is 9.75. The molecular weight excluding hydrogens is 408 g/mol. The molecule has 2 bridgehead atoms. The Morgan fingerprint density at radius 2 is 1.61 bits per heavy atom. The van der Waals surface area contributed by atoms with Gasteiger partial charge in [-0.1, -0.05) is 0 Å². The van der Waals surface area contributed by atoms with Gasteiger partial charge in [-0.05, 0) is 54.8 Å². The molecule has 0 saturated heterocycles. The van der Waals surface area contributed by atoms with Gasteiger partial charge in [-0.15, -0.1) is 0 Å². The number of esters is 2. The molecule has 0 fully saturated rings. The van der Waals surface area contributed by atoms with E-state index in [1.807, 2.05) is 0 Å². The van der Waals surface area contributed by atoms with Crippen molar-refractivity contribution in [3.05, 3.63) is 64.2 Å². The van der Waals surface area contributed by atoms with Crippen molar-refractivity contribution in [2.75, 3.05) is 19.8 Å². The van der Waals surface area contributed by atoms with Gasteiger partial charge in [-0.2, -0.15) is 0 Å². The van der Waals surface area contributed by atoms with E-state index in [-0.39, 0.29) is 54.2 Å². The molecule has 9 heteroatoms. The van der Waals surface area contributed by atoms with Crippen LogP contribution in [0.25, 0.3) is 0 Å². The van der Waals surface area contributed by atoms with E-state index in [1.165, 1.54) is 24.3 Å². The van der Waals surface area contributed by atoms with Gasteiger partial charge in [0, 0.05) is 6.42 Å². The smallest absolute Gasteiger partial charge is 0.339 e. The molecule has 0 spiro atoms. The first-order valence-electron chi connectivity index (χ1n) is 9.57. The van der Waals surface area contributed by atoms with E-state index >= 15 is 0 Å². The molecule has 0 amide bonds. The summed E-state index contributed by atoms with van der Waals surface area (Å²) in [6, 6.07) is 7.91. The summed E-state index contributed by atoms with van der Waals surface area (Å²) in [6.45, 7) is 0.342. The SMILES string of the molecule is O=C(O)c1ccc(C(=O)O)c(OCCc2cc3ccc2C(=O)OCCCCOC3=O)c1. The van der Waals surface area contributed by atoms with Crippen molar-refractivity contribution in [1.82, 2.24) is 0 Å². The van der Waals surface area contributed by atoms with Crippen LogP contribution in [0.4, 0.5) is 0 Å². The maximum atomic E-state index is 12.4. The lowest BCUT2D eigenvalue weighted by molar-refractivity contribution is 0.0426. The first-order valence-corrected chi connectivity index (χ1v) is 9.57. The summed E-state index contributed by atoms with van der Waals surface area (Å²) in [5.74, 6) is -3.64. The highest BCUT2D eigenvalue weighted by atomic mass is 16.5. The van der Waals surface area contributed by atoms with Crippen LogP contribution in [-0.4, -0.2) is 53.9 Å². The first-order chi connectivity index (χ1) is 14.9. The van der Waals surface area contributed by atoms with Gasteiger partial charge in [-0.3, -0.25) is 0 Å². The van der Waals surface area contributed by atoms with Gasteiger partial charge in [-0.25, -0.2) is 19.2 Å². The van der Waals surface area contributed by atoms with Crippen LogP contribution in [-0.2, 0) is 15.9 Å². The van der Waals surface area contributed by atoms with E-state index in [1.54, 1.807) is 0 Å². The molecule has 0 radical (unpaired) electrons. The Bertz CT molecular complexity index is 1030. The predicted molar refractivity (Wildman–Crippen MR) is 106 cm³/mol. The molecular formula is C22H20O9. The molecule has 2 N–H and O–H groups in total. The third-order valence-electron chi connectivity index (χ3n) is 4.65. The van der Waals surface area contributed by atoms with E-state index < -0.39 is 23.9 Å². The van der Waals surface area contributed by atoms with Crippen molar-refractivity contribution in [2.45, 2.75) is 19.3 Å². The fraction of sp³-hybridized carbons (Fsp3) is 0.273. The van der Waals surface area contributed by atoms with Gasteiger partial charge >= 0.3 is 23.9 Å². The third-order valence-corrected chi connectivity index (χ3v) is 4.65. The number of carboxylic acid groups (broad SMARTS) is 2. The number of carboxylic acids is 2. The minimum atomic E-state index is -1.27. The Kier molecular flexibility index (Phi) is 6.86. The number of hydrogen-bond donors (Lipinski definition) is 2. The second-order valence-electron chi connectivity index (χ2n) is 6.77. The largest absolute Gasteiger partial charge is 0.492 e. The van der Waals surface area contributed by atoms with Gasteiger partial charge in [0.25, 0.3) is 0 Å². The summed E-state index contributed by atoms with van der Waals surface area (Å²) in [4.78, 5) is 47.2. The normalized spacial score (nSPS) is 14.1. The second-order valence-corrected chi connectivity index (χ2v) is 6.77. The van der Waals surface area contributed by atoms with E-state index in [0.717, 1.165) is 12.1 Å². The molecule has 2 aliphatic heterocycles. The van der Waals surface area contributed by atoms with Gasteiger partial charge in [0.2, 0.25) is 0 Å². The van der Waals surface area contributed by atoms with Crippen molar-refractivity contribution in [3.63, 3.8) is 0 Å². The van der Waals surface area contributed by atoms with E-state index in [9.17, 15) is 24.3 Å². The summed E-state index contributed by atoms with van der Waals surface area (Å²) in [5, 5.41) is 18.4. The predicted octanol–water partition coefficient (Wildman–Crippen LogP) is 2.81. The zero-order valence-corrected chi connectivity index (χ0v) is 16.5. The molecule has 2 aliphatic rings. The van der Waals surface area contributed by atoms with Crippen LogP contribution in [0.5, 0.6) is 5.75 Å². The monoisotopic (exact) mass is 428 g/mol. The Morgan fingerprint density at radius 1 is 0.903 bits per heavy atom. The summed E-state index contributed by atoms with van der Waals surface area (Å²) >= 11 is 0. The average molecular weight is 428 g/mol. The van der Waals surface area contributed by atoms with Crippen LogP contribution < -0.4 is 4.74 Å². The van der Waals surface area contributed by atoms with Crippen LogP contribution >= 0.6 is 0 Å². The molecule has 0 aliphatic carbocycles. The quantitative estimate of drug-likeness (QED) is 0.665. The van der Waals surface area contributed by atoms with E-state index in [0.29, 0.717) is 18.4 Å². The fourth-order valence-corrected chi connectivity index (χ4v) is 3.04. The van der Waals surface area contributed by atoms with E-state index in [2.05, 4.69) is 0 Å². The number of carbonyl (C=O) groups is 4. The third kappa shape index (κ3) is 5.39. The van der Waals surface area contributed by atoms with Crippen LogP contribution in [0.1, 0.15) is 59.8 Å². The first kappa shape index (κ1) is 21.8. The Labute approximate surface area is 177 Å². The number of rotatable bonds is 6. The molecule has 162 valence electrons. The lowest BCUT2D eigenvalue weighted by atomic mass is 10.0. The average Bonchev–Trinajstić information content (AvgIpc) is 2.74. The van der Waals surface area contributed by atoms with Crippen molar-refractivity contribution in [2.24, 2.45) is 0 Å². The molecule has 2 heterocycles. The molecule has 0 saturated carbocycles. The fourth-order valence-electron chi connectivity index (χ4n) is 3.04. The highest BCUT2D eigenvalue weighted by Gasteiger charge is 2.19. The molecule has 4 rings (SSSR count). The number of aromatic carboxylic acids is 2. The zero-order chi connectivity index (χ0) is 22.4. The molecule has 0 aromatic heterocycles. The summed E-state index contributed by atoms with van der Waals surface area (Å²) in [6.07, 6.45) is 1.28. The van der Waals surface area contributed by atoms with Gasteiger partial charge < -0.3 is 24.4 Å². The molecule has 9 nitrogen and oxygen atoms in total. The molecule has 31 heavy (non-hydrogen) atoms.